The van der Waals surface area contributed by atoms with E-state index in [1.54, 1.807) is 6.26 Å². The van der Waals surface area contributed by atoms with Gasteiger partial charge in [0.25, 0.3) is 15.3 Å². The van der Waals surface area contributed by atoms with Crippen LogP contribution >= 0.6 is 11.8 Å². The SMILES string of the molecule is CSC1=NCN(CS(=O)(=O)O)O1. The maximum Gasteiger partial charge on any atom is 0.281 e. The van der Waals surface area contributed by atoms with Crippen molar-refractivity contribution in [2.24, 2.45) is 4.99 Å². The van der Waals surface area contributed by atoms with Crippen LogP contribution in [0.3, 0.4) is 0 Å². The van der Waals surface area contributed by atoms with Crippen molar-refractivity contribution in [1.29, 1.82) is 0 Å². The Labute approximate surface area is 74.3 Å². The fourth-order valence-corrected chi connectivity index (χ4v) is 1.52. The number of nitrogens with zero attached hydrogens (tertiary/aromatic N) is 2. The van der Waals surface area contributed by atoms with Crippen LogP contribution in [0.4, 0.5) is 0 Å². The lowest BCUT2D eigenvalue weighted by Crippen LogP contribution is -2.26. The molecule has 6 nitrogen and oxygen atoms in total. The molecule has 0 aromatic carbocycles. The minimum absolute atomic E-state index is 0.135. The van der Waals surface area contributed by atoms with E-state index in [-0.39, 0.29) is 6.67 Å². The fourth-order valence-electron chi connectivity index (χ4n) is 0.656. The Kier molecular flexibility index (Phi) is 2.94. The van der Waals surface area contributed by atoms with Gasteiger partial charge in [0.05, 0.1) is 0 Å². The van der Waals surface area contributed by atoms with Gasteiger partial charge >= 0.3 is 0 Å². The highest BCUT2D eigenvalue weighted by Crippen LogP contribution is 2.11. The first-order chi connectivity index (χ1) is 5.51. The van der Waals surface area contributed by atoms with Crippen molar-refractivity contribution in [3.63, 3.8) is 0 Å². The molecule has 8 heteroatoms. The molecule has 1 heterocycles. The number of hydrogen-bond acceptors (Lipinski definition) is 6. The predicted octanol–water partition coefficient (Wildman–Crippen LogP) is -0.245. The van der Waals surface area contributed by atoms with Gasteiger partial charge in [0.15, 0.2) is 5.88 Å². The summed E-state index contributed by atoms with van der Waals surface area (Å²) in [6.07, 6.45) is 1.76. The molecule has 1 aliphatic heterocycles. The molecule has 0 spiro atoms. The Morgan fingerprint density at radius 3 is 2.92 bits per heavy atom. The van der Waals surface area contributed by atoms with Crippen molar-refractivity contribution in [2.45, 2.75) is 0 Å². The van der Waals surface area contributed by atoms with Gasteiger partial charge in [0.2, 0.25) is 0 Å². The molecule has 0 bridgehead atoms. The van der Waals surface area contributed by atoms with Gasteiger partial charge in [-0.25, -0.2) is 4.99 Å². The average Bonchev–Trinajstić information content (AvgIpc) is 2.32. The Morgan fingerprint density at radius 1 is 1.83 bits per heavy atom. The highest BCUT2D eigenvalue weighted by atomic mass is 32.2. The molecule has 1 N–H and O–H groups in total. The van der Waals surface area contributed by atoms with E-state index in [4.69, 9.17) is 9.39 Å². The molecular weight excluding hydrogens is 204 g/mol. The summed E-state index contributed by atoms with van der Waals surface area (Å²) in [6, 6.07) is 0. The van der Waals surface area contributed by atoms with Crippen LogP contribution in [0.1, 0.15) is 0 Å². The van der Waals surface area contributed by atoms with Crippen LogP contribution in [-0.4, -0.2) is 42.1 Å². The average molecular weight is 212 g/mol. The Bertz CT molecular complexity index is 285. The fraction of sp³-hybridized carbons (Fsp3) is 0.750. The summed E-state index contributed by atoms with van der Waals surface area (Å²) in [7, 11) is -4.02. The van der Waals surface area contributed by atoms with E-state index < -0.39 is 16.0 Å². The third kappa shape index (κ3) is 2.97. The van der Waals surface area contributed by atoms with E-state index >= 15 is 0 Å². The molecule has 0 aliphatic carbocycles. The lowest BCUT2D eigenvalue weighted by molar-refractivity contribution is -0.0275. The molecule has 1 aliphatic rings. The van der Waals surface area contributed by atoms with Crippen molar-refractivity contribution in [3.05, 3.63) is 0 Å². The third-order valence-electron chi connectivity index (χ3n) is 1.05. The Balaban J connectivity index is 2.43. The van der Waals surface area contributed by atoms with Crippen LogP contribution in [0.2, 0.25) is 0 Å². The molecule has 0 saturated carbocycles. The van der Waals surface area contributed by atoms with E-state index in [9.17, 15) is 8.42 Å². The second kappa shape index (κ2) is 3.60. The molecule has 70 valence electrons. The summed E-state index contributed by atoms with van der Waals surface area (Å²) >= 11 is 1.27. The lowest BCUT2D eigenvalue weighted by atomic mass is 11.0. The number of hydroxylamine groups is 2. The van der Waals surface area contributed by atoms with Crippen molar-refractivity contribution in [3.8, 4) is 0 Å². The molecule has 0 atom stereocenters. The molecule has 0 aromatic rings. The standard InChI is InChI=1S/C4H8N2O4S2/c1-11-4-5-2-6(10-4)3-12(7,8)9/h2-3H2,1H3,(H,7,8,9). The number of rotatable bonds is 2. The second-order valence-corrected chi connectivity index (χ2v) is 4.23. The minimum Gasteiger partial charge on any atom is -0.376 e. The van der Waals surface area contributed by atoms with Crippen LogP contribution in [-0.2, 0) is 15.0 Å². The molecule has 0 amide bonds. The molecule has 0 aromatic heterocycles. The van der Waals surface area contributed by atoms with Gasteiger partial charge in [-0.15, -0.1) is 5.06 Å². The van der Waals surface area contributed by atoms with Crippen molar-refractivity contribution in [1.82, 2.24) is 5.06 Å². The quantitative estimate of drug-likeness (QED) is 0.636. The van der Waals surface area contributed by atoms with E-state index in [2.05, 4.69) is 4.99 Å². The highest BCUT2D eigenvalue weighted by molar-refractivity contribution is 8.12. The molecule has 12 heavy (non-hydrogen) atoms. The number of hydrogen-bond donors (Lipinski definition) is 1. The van der Waals surface area contributed by atoms with Gasteiger partial charge in [0, 0.05) is 0 Å². The third-order valence-corrected chi connectivity index (χ3v) is 2.21. The zero-order valence-corrected chi connectivity index (χ0v) is 7.93. The van der Waals surface area contributed by atoms with E-state index in [0.717, 1.165) is 5.06 Å². The second-order valence-electron chi connectivity index (χ2n) is 2.05. The molecule has 0 saturated heterocycles. The lowest BCUT2D eigenvalue weighted by Gasteiger charge is -2.10. The predicted molar refractivity (Wildman–Crippen MR) is 45.2 cm³/mol. The Morgan fingerprint density at radius 2 is 2.50 bits per heavy atom. The van der Waals surface area contributed by atoms with Gasteiger partial charge in [-0.05, 0) is 6.26 Å². The van der Waals surface area contributed by atoms with Gasteiger partial charge in [-0.1, -0.05) is 11.8 Å². The van der Waals surface area contributed by atoms with Crippen LogP contribution in [0.15, 0.2) is 4.99 Å². The normalized spacial score (nSPS) is 19.0. The zero-order valence-electron chi connectivity index (χ0n) is 6.30. The molecule has 1 rings (SSSR count). The maximum absolute atomic E-state index is 10.4. The Hall–Kier alpha value is -0.310. The molecule has 0 unspecified atom stereocenters. The van der Waals surface area contributed by atoms with Crippen molar-refractivity contribution >= 4 is 27.1 Å². The smallest absolute Gasteiger partial charge is 0.281 e. The van der Waals surface area contributed by atoms with E-state index in [1.165, 1.54) is 11.8 Å². The topological polar surface area (TPSA) is 79.2 Å². The van der Waals surface area contributed by atoms with Crippen LogP contribution < -0.4 is 0 Å². The molecular formula is C4H8N2O4S2. The van der Waals surface area contributed by atoms with Crippen molar-refractivity contribution in [2.75, 3.05) is 18.8 Å². The maximum atomic E-state index is 10.4. The molecule has 0 fully saturated rings. The monoisotopic (exact) mass is 212 g/mol. The zero-order chi connectivity index (χ0) is 9.19. The largest absolute Gasteiger partial charge is 0.376 e. The summed E-state index contributed by atoms with van der Waals surface area (Å²) in [6.45, 7) is 0.135. The van der Waals surface area contributed by atoms with Gasteiger partial charge in [-0.2, -0.15) is 8.42 Å². The summed E-state index contributed by atoms with van der Waals surface area (Å²) in [5.41, 5.74) is 0. The molecule has 0 radical (unpaired) electrons. The minimum atomic E-state index is -4.02. The summed E-state index contributed by atoms with van der Waals surface area (Å²) in [4.78, 5) is 8.72. The van der Waals surface area contributed by atoms with Crippen LogP contribution in [0, 0.1) is 0 Å². The van der Waals surface area contributed by atoms with Crippen LogP contribution in [0.25, 0.3) is 0 Å². The first kappa shape index (κ1) is 9.78. The van der Waals surface area contributed by atoms with Crippen LogP contribution in [0.5, 0.6) is 0 Å². The van der Waals surface area contributed by atoms with E-state index in [1.807, 2.05) is 0 Å². The van der Waals surface area contributed by atoms with Gasteiger partial charge in [0.1, 0.15) is 6.67 Å². The summed E-state index contributed by atoms with van der Waals surface area (Å²) in [5, 5.41) is 1.46. The van der Waals surface area contributed by atoms with Gasteiger partial charge < -0.3 is 4.84 Å². The number of thioether (sulfide) groups is 1. The first-order valence-electron chi connectivity index (χ1n) is 2.98. The highest BCUT2D eigenvalue weighted by Gasteiger charge is 2.21. The number of aliphatic imine (C=N–C) groups is 1. The first-order valence-corrected chi connectivity index (χ1v) is 5.81. The van der Waals surface area contributed by atoms with E-state index in [0.29, 0.717) is 5.23 Å². The van der Waals surface area contributed by atoms with Gasteiger partial charge in [-0.3, -0.25) is 4.55 Å². The summed E-state index contributed by atoms with van der Waals surface area (Å²) < 4.78 is 29.1. The summed E-state index contributed by atoms with van der Waals surface area (Å²) in [5.74, 6) is -0.555. The van der Waals surface area contributed by atoms with Crippen molar-refractivity contribution < 1.29 is 17.8 Å².